The largest absolute Gasteiger partial charge is 0.396 e. The molecule has 80 valence electrons. The molecule has 0 radical (unpaired) electrons. The third-order valence-electron chi connectivity index (χ3n) is 2.65. The molecule has 0 amide bonds. The summed E-state index contributed by atoms with van der Waals surface area (Å²) in [6, 6.07) is 5.93. The van der Waals surface area contributed by atoms with Crippen molar-refractivity contribution >= 4 is 11.2 Å². The van der Waals surface area contributed by atoms with Crippen molar-refractivity contribution in [3.63, 3.8) is 0 Å². The predicted molar refractivity (Wildman–Crippen MR) is 61.8 cm³/mol. The van der Waals surface area contributed by atoms with Crippen molar-refractivity contribution in [1.29, 1.82) is 0 Å². The maximum atomic E-state index is 5.90. The Morgan fingerprint density at radius 1 is 1.19 bits per heavy atom. The van der Waals surface area contributed by atoms with E-state index in [9.17, 15) is 0 Å². The van der Waals surface area contributed by atoms with Crippen molar-refractivity contribution in [3.8, 4) is 11.3 Å². The van der Waals surface area contributed by atoms with E-state index >= 15 is 0 Å². The van der Waals surface area contributed by atoms with Gasteiger partial charge in [0.25, 0.3) is 0 Å². The average molecular weight is 213 g/mol. The highest BCUT2D eigenvalue weighted by atomic mass is 15.3. The van der Waals surface area contributed by atoms with Crippen molar-refractivity contribution < 1.29 is 0 Å². The van der Waals surface area contributed by atoms with Gasteiger partial charge in [-0.15, -0.1) is 0 Å². The molecule has 3 aromatic rings. The molecule has 16 heavy (non-hydrogen) atoms. The highest BCUT2D eigenvalue weighted by Gasteiger charge is 2.12. The Bertz CT molecular complexity index is 630. The zero-order valence-electron chi connectivity index (χ0n) is 8.83. The van der Waals surface area contributed by atoms with Crippen LogP contribution < -0.4 is 5.73 Å². The number of nitrogens with zero attached hydrogens (tertiary/aromatic N) is 4. The number of fused-ring (bicyclic) bond motifs is 1. The molecular formula is C11H11N5. The summed E-state index contributed by atoms with van der Waals surface area (Å²) in [5, 5.41) is 8.41. The first-order chi connectivity index (χ1) is 7.77. The van der Waals surface area contributed by atoms with Gasteiger partial charge in [0.05, 0.1) is 29.3 Å². The van der Waals surface area contributed by atoms with Crippen LogP contribution in [-0.4, -0.2) is 19.4 Å². The molecule has 2 N–H and O–H groups in total. The van der Waals surface area contributed by atoms with Crippen LogP contribution in [0.1, 0.15) is 0 Å². The van der Waals surface area contributed by atoms with E-state index in [1.807, 2.05) is 42.2 Å². The summed E-state index contributed by atoms with van der Waals surface area (Å²) in [4.78, 5) is 0. The molecule has 5 heteroatoms. The third-order valence-corrected chi connectivity index (χ3v) is 2.65. The maximum absolute atomic E-state index is 5.90. The number of rotatable bonds is 1. The molecule has 3 heterocycles. The Hall–Kier alpha value is -2.30. The molecule has 0 saturated heterocycles. The molecule has 3 aromatic heterocycles. The van der Waals surface area contributed by atoms with E-state index in [1.54, 1.807) is 10.9 Å². The van der Waals surface area contributed by atoms with Crippen molar-refractivity contribution in [2.45, 2.75) is 0 Å². The Kier molecular flexibility index (Phi) is 1.73. The fourth-order valence-corrected chi connectivity index (χ4v) is 1.90. The number of aryl methyl sites for hydroxylation is 1. The number of hydrogen-bond donors (Lipinski definition) is 1. The number of aromatic nitrogens is 4. The lowest BCUT2D eigenvalue weighted by Gasteiger charge is -2.01. The molecule has 0 aliphatic heterocycles. The molecule has 0 unspecified atom stereocenters. The van der Waals surface area contributed by atoms with E-state index in [1.165, 1.54) is 0 Å². The van der Waals surface area contributed by atoms with Crippen molar-refractivity contribution in [2.24, 2.45) is 7.05 Å². The monoisotopic (exact) mass is 213 g/mol. The van der Waals surface area contributed by atoms with Gasteiger partial charge >= 0.3 is 0 Å². The molecule has 0 saturated carbocycles. The van der Waals surface area contributed by atoms with E-state index in [2.05, 4.69) is 10.2 Å². The van der Waals surface area contributed by atoms with Crippen LogP contribution in [0, 0.1) is 0 Å². The number of anilines is 1. The lowest BCUT2D eigenvalue weighted by atomic mass is 10.2. The summed E-state index contributed by atoms with van der Waals surface area (Å²) in [6.45, 7) is 0. The topological polar surface area (TPSA) is 61.1 Å². The second-order valence-corrected chi connectivity index (χ2v) is 3.66. The minimum absolute atomic E-state index is 0.668. The normalized spacial score (nSPS) is 11.1. The molecular weight excluding hydrogens is 202 g/mol. The summed E-state index contributed by atoms with van der Waals surface area (Å²) < 4.78 is 3.58. The van der Waals surface area contributed by atoms with Gasteiger partial charge in [-0.1, -0.05) is 6.07 Å². The fourth-order valence-electron chi connectivity index (χ4n) is 1.90. The highest BCUT2D eigenvalue weighted by Crippen LogP contribution is 2.28. The fraction of sp³-hybridized carbons (Fsp3) is 0.0909. The van der Waals surface area contributed by atoms with Crippen LogP contribution in [0.15, 0.2) is 36.8 Å². The lowest BCUT2D eigenvalue weighted by Crippen LogP contribution is -1.95. The van der Waals surface area contributed by atoms with Gasteiger partial charge in [0.1, 0.15) is 0 Å². The van der Waals surface area contributed by atoms with Gasteiger partial charge in [-0.25, -0.2) is 4.52 Å². The SMILES string of the molecule is Cn1ncc(N)c1-c1cnn2ccccc12. The van der Waals surface area contributed by atoms with Gasteiger partial charge in [-0.05, 0) is 12.1 Å². The summed E-state index contributed by atoms with van der Waals surface area (Å²) in [5.41, 5.74) is 9.50. The number of nitrogen functional groups attached to an aromatic ring is 1. The van der Waals surface area contributed by atoms with Gasteiger partial charge in [0.15, 0.2) is 0 Å². The van der Waals surface area contributed by atoms with Crippen LogP contribution in [0.2, 0.25) is 0 Å². The Balaban J connectivity index is 2.35. The summed E-state index contributed by atoms with van der Waals surface area (Å²) in [7, 11) is 1.87. The lowest BCUT2D eigenvalue weighted by molar-refractivity contribution is 0.776. The summed E-state index contributed by atoms with van der Waals surface area (Å²) >= 11 is 0. The standard InChI is InChI=1S/C11H11N5/c1-15-11(9(12)7-13-15)8-6-14-16-5-3-2-4-10(8)16/h2-7H,12H2,1H3. The molecule has 0 spiro atoms. The van der Waals surface area contributed by atoms with E-state index in [-0.39, 0.29) is 0 Å². The van der Waals surface area contributed by atoms with E-state index in [0.29, 0.717) is 5.69 Å². The van der Waals surface area contributed by atoms with Crippen LogP contribution >= 0.6 is 0 Å². The second kappa shape index (κ2) is 3.10. The van der Waals surface area contributed by atoms with Crippen LogP contribution in [0.4, 0.5) is 5.69 Å². The van der Waals surface area contributed by atoms with Crippen molar-refractivity contribution in [3.05, 3.63) is 36.8 Å². The van der Waals surface area contributed by atoms with Crippen LogP contribution in [0.25, 0.3) is 16.8 Å². The molecule has 0 aliphatic rings. The Labute approximate surface area is 92.1 Å². The first-order valence-electron chi connectivity index (χ1n) is 4.97. The smallest absolute Gasteiger partial charge is 0.0946 e. The molecule has 0 fully saturated rings. The van der Waals surface area contributed by atoms with Gasteiger partial charge < -0.3 is 5.73 Å². The third kappa shape index (κ3) is 1.11. The average Bonchev–Trinajstić information content (AvgIpc) is 2.83. The molecule has 0 bridgehead atoms. The Morgan fingerprint density at radius 2 is 2.06 bits per heavy atom. The number of hydrogen-bond acceptors (Lipinski definition) is 3. The maximum Gasteiger partial charge on any atom is 0.0946 e. The molecule has 5 nitrogen and oxygen atoms in total. The van der Waals surface area contributed by atoms with Gasteiger partial charge in [0.2, 0.25) is 0 Å². The highest BCUT2D eigenvalue weighted by molar-refractivity contribution is 5.84. The first kappa shape index (κ1) is 8.96. The van der Waals surface area contributed by atoms with Crippen LogP contribution in [-0.2, 0) is 7.05 Å². The van der Waals surface area contributed by atoms with Gasteiger partial charge in [-0.2, -0.15) is 10.2 Å². The van der Waals surface area contributed by atoms with Crippen LogP contribution in [0.5, 0.6) is 0 Å². The zero-order valence-corrected chi connectivity index (χ0v) is 8.83. The summed E-state index contributed by atoms with van der Waals surface area (Å²) in [6.07, 6.45) is 5.37. The van der Waals surface area contributed by atoms with Gasteiger partial charge in [-0.3, -0.25) is 4.68 Å². The first-order valence-corrected chi connectivity index (χ1v) is 4.97. The number of nitrogens with two attached hydrogens (primary N) is 1. The molecule has 3 rings (SSSR count). The van der Waals surface area contributed by atoms with Gasteiger partial charge in [0, 0.05) is 18.8 Å². The van der Waals surface area contributed by atoms with Crippen molar-refractivity contribution in [1.82, 2.24) is 19.4 Å². The molecule has 0 atom stereocenters. The molecule has 0 aromatic carbocycles. The molecule has 0 aliphatic carbocycles. The minimum Gasteiger partial charge on any atom is -0.396 e. The minimum atomic E-state index is 0.668. The van der Waals surface area contributed by atoms with Crippen molar-refractivity contribution in [2.75, 3.05) is 5.73 Å². The second-order valence-electron chi connectivity index (χ2n) is 3.66. The summed E-state index contributed by atoms with van der Waals surface area (Å²) in [5.74, 6) is 0. The van der Waals surface area contributed by atoms with E-state index < -0.39 is 0 Å². The van der Waals surface area contributed by atoms with E-state index in [4.69, 9.17) is 5.73 Å². The Morgan fingerprint density at radius 3 is 2.81 bits per heavy atom. The van der Waals surface area contributed by atoms with E-state index in [0.717, 1.165) is 16.8 Å². The predicted octanol–water partition coefficient (Wildman–Crippen LogP) is 1.32. The number of pyridine rings is 1. The zero-order chi connectivity index (χ0) is 11.1. The quantitative estimate of drug-likeness (QED) is 0.663. The van der Waals surface area contributed by atoms with Crippen LogP contribution in [0.3, 0.4) is 0 Å².